The first kappa shape index (κ1) is 36.2. The lowest BCUT2D eigenvalue weighted by molar-refractivity contribution is -0.136. The molecule has 0 aliphatic carbocycles. The molecule has 3 aliphatic rings. The summed E-state index contributed by atoms with van der Waals surface area (Å²) < 4.78 is 21.1. The molecule has 2 saturated heterocycles. The summed E-state index contributed by atoms with van der Waals surface area (Å²) in [6.07, 6.45) is 1.59. The van der Waals surface area contributed by atoms with Gasteiger partial charge in [0.1, 0.15) is 22.6 Å². The van der Waals surface area contributed by atoms with E-state index in [0.29, 0.717) is 54.4 Å². The Balaban J connectivity index is 0.991. The van der Waals surface area contributed by atoms with Crippen molar-refractivity contribution in [1.82, 2.24) is 25.1 Å². The molecule has 3 aromatic carbocycles. The predicted octanol–water partition coefficient (Wildman–Crippen LogP) is 4.86. The number of hydrogen-bond donors (Lipinski definition) is 3. The predicted molar refractivity (Wildman–Crippen MR) is 202 cm³/mol. The Morgan fingerprint density at radius 1 is 0.962 bits per heavy atom. The average molecular weight is 759 g/mol. The molecule has 4 aromatic rings. The number of nitrogens with one attached hydrogen (secondary N) is 3. The minimum atomic E-state index is -1.11. The van der Waals surface area contributed by atoms with E-state index in [4.69, 9.17) is 16.3 Å². The molecule has 4 amide bonds. The molecular formula is C37H37ClFN8O5P. The highest BCUT2D eigenvalue weighted by atomic mass is 35.5. The number of nitrogens with zero attached hydrogens (tertiary/aromatic N) is 5. The van der Waals surface area contributed by atoms with Crippen LogP contribution in [-0.4, -0.2) is 96.1 Å². The number of piperidine rings is 1. The van der Waals surface area contributed by atoms with Crippen molar-refractivity contribution in [3.05, 3.63) is 88.3 Å². The van der Waals surface area contributed by atoms with E-state index in [2.05, 4.69) is 55.1 Å². The van der Waals surface area contributed by atoms with Crippen LogP contribution in [-0.2, 0) is 16.1 Å². The van der Waals surface area contributed by atoms with Gasteiger partial charge in [0.2, 0.25) is 17.8 Å². The first-order valence-corrected chi connectivity index (χ1v) is 19.6. The second-order valence-corrected chi connectivity index (χ2v) is 15.8. The largest absolute Gasteiger partial charge is 0.494 e. The Kier molecular flexibility index (Phi) is 10.3. The number of anilines is 5. The minimum absolute atomic E-state index is 0.00954. The van der Waals surface area contributed by atoms with Gasteiger partial charge in [-0.1, -0.05) is 37.7 Å². The van der Waals surface area contributed by atoms with Gasteiger partial charge in [0.25, 0.3) is 11.8 Å². The lowest BCUT2D eigenvalue weighted by Crippen LogP contribution is -2.54. The van der Waals surface area contributed by atoms with Crippen LogP contribution in [0.3, 0.4) is 0 Å². The van der Waals surface area contributed by atoms with Gasteiger partial charge in [-0.2, -0.15) is 4.98 Å². The van der Waals surface area contributed by atoms with Gasteiger partial charge in [-0.25, -0.2) is 9.37 Å². The number of para-hydroxylation sites is 1. The van der Waals surface area contributed by atoms with Crippen molar-refractivity contribution >= 4 is 77.3 Å². The second-order valence-electron chi connectivity index (χ2n) is 13.1. The van der Waals surface area contributed by atoms with Crippen LogP contribution >= 0.6 is 19.5 Å². The molecule has 13 nitrogen and oxygen atoms in total. The number of hydrogen-bond acceptors (Lipinski definition) is 11. The van der Waals surface area contributed by atoms with E-state index in [1.165, 1.54) is 11.4 Å². The molecule has 0 spiro atoms. The molecule has 3 N–H and O–H groups in total. The molecule has 274 valence electrons. The van der Waals surface area contributed by atoms with Gasteiger partial charge in [0.15, 0.2) is 5.82 Å². The van der Waals surface area contributed by atoms with Crippen LogP contribution in [0.5, 0.6) is 5.75 Å². The molecule has 0 saturated carbocycles. The van der Waals surface area contributed by atoms with Crippen LogP contribution < -0.4 is 30.9 Å². The third-order valence-electron chi connectivity index (χ3n) is 9.55. The summed E-state index contributed by atoms with van der Waals surface area (Å²) in [5.41, 5.74) is 2.83. The molecule has 1 atom stereocenters. The Morgan fingerprint density at radius 2 is 1.70 bits per heavy atom. The molecule has 4 heterocycles. The summed E-state index contributed by atoms with van der Waals surface area (Å²) in [6, 6.07) is 15.3. The van der Waals surface area contributed by atoms with Gasteiger partial charge >= 0.3 is 0 Å². The fourth-order valence-corrected chi connectivity index (χ4v) is 7.91. The highest BCUT2D eigenvalue weighted by molar-refractivity contribution is 7.64. The number of rotatable bonds is 10. The second kappa shape index (κ2) is 15.1. The number of ether oxygens (including phenoxy) is 1. The van der Waals surface area contributed by atoms with Crippen molar-refractivity contribution in [1.29, 1.82) is 0 Å². The summed E-state index contributed by atoms with van der Waals surface area (Å²) in [6.45, 7) is 7.14. The molecule has 3 aliphatic heterocycles. The van der Waals surface area contributed by atoms with Crippen molar-refractivity contribution in [2.45, 2.75) is 25.4 Å². The van der Waals surface area contributed by atoms with Crippen LogP contribution in [0.2, 0.25) is 5.02 Å². The normalized spacial score (nSPS) is 17.7. The summed E-state index contributed by atoms with van der Waals surface area (Å²) in [4.78, 5) is 64.5. The fraction of sp³-hybridized carbons (Fsp3) is 0.297. The van der Waals surface area contributed by atoms with Crippen molar-refractivity contribution < 1.29 is 28.3 Å². The summed E-state index contributed by atoms with van der Waals surface area (Å²) in [5, 5.41) is 10.4. The van der Waals surface area contributed by atoms with E-state index in [0.717, 1.165) is 22.3 Å². The molecule has 16 heteroatoms. The number of carbonyl (C=O) groups excluding carboxylic acids is 4. The smallest absolute Gasteiger partial charge is 0.262 e. The molecule has 0 radical (unpaired) electrons. The maximum atomic E-state index is 15.3. The van der Waals surface area contributed by atoms with E-state index >= 15 is 4.39 Å². The van der Waals surface area contributed by atoms with Crippen molar-refractivity contribution in [3.8, 4) is 5.75 Å². The molecule has 1 unspecified atom stereocenters. The Morgan fingerprint density at radius 3 is 2.42 bits per heavy atom. The molecule has 2 fully saturated rings. The number of halogens is 2. The molecular weight excluding hydrogens is 722 g/mol. The van der Waals surface area contributed by atoms with Crippen LogP contribution in [0.25, 0.3) is 0 Å². The van der Waals surface area contributed by atoms with Crippen molar-refractivity contribution in [3.63, 3.8) is 0 Å². The lowest BCUT2D eigenvalue weighted by Gasteiger charge is -2.36. The number of fused-ring (bicyclic) bond motifs is 1. The van der Waals surface area contributed by atoms with Gasteiger partial charge in [-0.05, 0) is 55.4 Å². The zero-order chi connectivity index (χ0) is 37.4. The van der Waals surface area contributed by atoms with Crippen LogP contribution in [0.15, 0.2) is 60.8 Å². The Bertz CT molecular complexity index is 2130. The summed E-state index contributed by atoms with van der Waals surface area (Å²) in [7, 11) is 1.24. The van der Waals surface area contributed by atoms with Gasteiger partial charge in [-0.15, -0.1) is 0 Å². The van der Waals surface area contributed by atoms with E-state index in [9.17, 15) is 19.2 Å². The van der Waals surface area contributed by atoms with Gasteiger partial charge < -0.3 is 20.3 Å². The standard InChI is InChI=1S/C37H37ClFN8O5P/c1-52-30-17-22(8-9-27(30)42-37-40-19-25(38)33(44-37)41-28-6-4-5-7-31(28)53(2)3)46-14-12-45(13-15-46)20-21-16-23-24(18-26(21)39)36(51)47(35(23)50)29-10-11-32(48)43-34(29)49/h4-9,16-19,29H,10-15,20H2,1-3H3,(H,43,48,49)(H2,40,41,42,44). The molecule has 1 aromatic heterocycles. The number of benzene rings is 3. The summed E-state index contributed by atoms with van der Waals surface area (Å²) >= 11 is 6.47. The monoisotopic (exact) mass is 758 g/mol. The van der Waals surface area contributed by atoms with Crippen LogP contribution in [0.1, 0.15) is 39.1 Å². The highest BCUT2D eigenvalue weighted by Crippen LogP contribution is 2.35. The lowest BCUT2D eigenvalue weighted by atomic mass is 10.0. The molecule has 0 bridgehead atoms. The van der Waals surface area contributed by atoms with Gasteiger partial charge in [-0.3, -0.25) is 34.3 Å². The van der Waals surface area contributed by atoms with Crippen molar-refractivity contribution in [2.75, 3.05) is 62.2 Å². The molecule has 7 rings (SSSR count). The SMILES string of the molecule is COc1cc(N2CCN(Cc3cc4c(cc3F)C(=O)N(C3CCC(=O)NC3=O)C4=O)CC2)ccc1Nc1ncc(Cl)c(Nc2ccccc2P(C)C)n1. The Hall–Kier alpha value is -5.17. The van der Waals surface area contributed by atoms with Crippen molar-refractivity contribution in [2.24, 2.45) is 0 Å². The van der Waals surface area contributed by atoms with E-state index < -0.39 is 35.5 Å². The maximum Gasteiger partial charge on any atom is 0.262 e. The number of amides is 4. The van der Waals surface area contributed by atoms with Gasteiger partial charge in [0, 0.05) is 62.1 Å². The highest BCUT2D eigenvalue weighted by Gasteiger charge is 2.45. The van der Waals surface area contributed by atoms with E-state index in [1.807, 2.05) is 36.4 Å². The Labute approximate surface area is 311 Å². The number of imide groups is 2. The van der Waals surface area contributed by atoms with Crippen LogP contribution in [0.4, 0.5) is 33.2 Å². The first-order valence-electron chi connectivity index (χ1n) is 17.0. The van der Waals surface area contributed by atoms with Gasteiger partial charge in [0.05, 0.1) is 30.1 Å². The summed E-state index contributed by atoms with van der Waals surface area (Å²) in [5.74, 6) is -1.74. The average Bonchev–Trinajstić information content (AvgIpc) is 3.38. The zero-order valence-electron chi connectivity index (χ0n) is 29.3. The third-order valence-corrected chi connectivity index (χ3v) is 11.2. The quantitative estimate of drug-likeness (QED) is 0.151. The van der Waals surface area contributed by atoms with E-state index in [-0.39, 0.29) is 44.0 Å². The maximum absolute atomic E-state index is 15.3. The van der Waals surface area contributed by atoms with E-state index in [1.54, 1.807) is 13.3 Å². The third kappa shape index (κ3) is 7.39. The zero-order valence-corrected chi connectivity index (χ0v) is 30.9. The topological polar surface area (TPSA) is 149 Å². The minimum Gasteiger partial charge on any atom is -0.494 e. The fourth-order valence-electron chi connectivity index (χ4n) is 6.77. The first-order chi connectivity index (χ1) is 25.5. The number of methoxy groups -OCH3 is 1. The molecule has 53 heavy (non-hydrogen) atoms. The number of aromatic nitrogens is 2. The number of carbonyl (C=O) groups is 4. The number of piperazine rings is 1. The van der Waals surface area contributed by atoms with Crippen LogP contribution in [0, 0.1) is 5.82 Å².